The highest BCUT2D eigenvalue weighted by atomic mass is 32.2. The summed E-state index contributed by atoms with van der Waals surface area (Å²) in [5.41, 5.74) is 0. The van der Waals surface area contributed by atoms with Crippen LogP contribution in [-0.4, -0.2) is 57.2 Å². The zero-order valence-corrected chi connectivity index (χ0v) is 11.5. The number of thioether (sulfide) groups is 1. The van der Waals surface area contributed by atoms with Gasteiger partial charge in [-0.15, -0.1) is 11.8 Å². The van der Waals surface area contributed by atoms with E-state index >= 15 is 0 Å². The summed E-state index contributed by atoms with van der Waals surface area (Å²) in [7, 11) is 0. The third kappa shape index (κ3) is 2.91. The average molecular weight is 272 g/mol. The first kappa shape index (κ1) is 13.5. The van der Waals surface area contributed by atoms with Crippen LogP contribution in [0, 0.1) is 0 Å². The molecule has 0 unspecified atom stereocenters. The average Bonchev–Trinajstić information content (AvgIpc) is 3.05. The number of unbranched alkanes of at least 4 members (excludes halogenated alkanes) is 1. The number of amides is 2. The van der Waals surface area contributed by atoms with E-state index < -0.39 is 12.0 Å². The van der Waals surface area contributed by atoms with Crippen molar-refractivity contribution in [3.05, 3.63) is 0 Å². The molecule has 2 rings (SSSR count). The molecule has 1 aliphatic heterocycles. The van der Waals surface area contributed by atoms with Gasteiger partial charge < -0.3 is 14.9 Å². The van der Waals surface area contributed by atoms with Gasteiger partial charge in [-0.1, -0.05) is 13.3 Å². The molecule has 0 aromatic carbocycles. The predicted molar refractivity (Wildman–Crippen MR) is 70.6 cm³/mol. The monoisotopic (exact) mass is 272 g/mol. The van der Waals surface area contributed by atoms with Crippen LogP contribution in [-0.2, 0) is 4.79 Å². The summed E-state index contributed by atoms with van der Waals surface area (Å²) in [5, 5.41) is 9.12. The fourth-order valence-corrected chi connectivity index (χ4v) is 3.29. The fourth-order valence-electron chi connectivity index (χ4n) is 2.15. The van der Waals surface area contributed by atoms with Gasteiger partial charge in [0.25, 0.3) is 0 Å². The van der Waals surface area contributed by atoms with E-state index in [-0.39, 0.29) is 6.03 Å². The Bertz CT molecular complexity index is 333. The first-order valence-electron chi connectivity index (χ1n) is 6.53. The van der Waals surface area contributed by atoms with E-state index in [1.54, 1.807) is 0 Å². The molecule has 2 aliphatic rings. The number of rotatable bonds is 5. The van der Waals surface area contributed by atoms with Gasteiger partial charge in [-0.2, -0.15) is 0 Å². The summed E-state index contributed by atoms with van der Waals surface area (Å²) in [6, 6.07) is -0.377. The lowest BCUT2D eigenvalue weighted by Crippen LogP contribution is -2.49. The number of carbonyl (C=O) groups is 2. The minimum Gasteiger partial charge on any atom is -0.480 e. The minimum absolute atomic E-state index is 0.0802. The van der Waals surface area contributed by atoms with Crippen LogP contribution in [0.2, 0.25) is 0 Å². The molecule has 1 saturated heterocycles. The van der Waals surface area contributed by atoms with Gasteiger partial charge in [0, 0.05) is 18.3 Å². The molecule has 1 N–H and O–H groups in total. The maximum atomic E-state index is 12.4. The molecule has 1 heterocycles. The van der Waals surface area contributed by atoms with Crippen molar-refractivity contribution in [2.24, 2.45) is 0 Å². The molecule has 18 heavy (non-hydrogen) atoms. The fraction of sp³-hybridized carbons (Fsp3) is 0.833. The zero-order valence-electron chi connectivity index (χ0n) is 10.7. The molecule has 0 radical (unpaired) electrons. The van der Waals surface area contributed by atoms with Crippen molar-refractivity contribution in [1.82, 2.24) is 9.80 Å². The highest BCUT2D eigenvalue weighted by Gasteiger charge is 2.40. The van der Waals surface area contributed by atoms with Crippen LogP contribution in [0.3, 0.4) is 0 Å². The van der Waals surface area contributed by atoms with Crippen molar-refractivity contribution in [3.8, 4) is 0 Å². The summed E-state index contributed by atoms with van der Waals surface area (Å²) in [6.07, 6.45) is 4.16. The Morgan fingerprint density at radius 2 is 2.17 bits per heavy atom. The normalized spacial score (nSPS) is 23.2. The molecule has 1 saturated carbocycles. The smallest absolute Gasteiger partial charge is 0.327 e. The molecule has 0 aromatic heterocycles. The summed E-state index contributed by atoms with van der Waals surface area (Å²) < 4.78 is 0. The number of carboxylic acids is 1. The van der Waals surface area contributed by atoms with E-state index in [1.807, 2.05) is 4.90 Å². The number of carboxylic acid groups (broad SMARTS) is 1. The van der Waals surface area contributed by atoms with Crippen LogP contribution in [0.5, 0.6) is 0 Å². The Hall–Kier alpha value is -0.910. The molecule has 1 atom stereocenters. The Balaban J connectivity index is 2.00. The largest absolute Gasteiger partial charge is 0.480 e. The second-order valence-corrected chi connectivity index (χ2v) is 5.88. The van der Waals surface area contributed by atoms with Crippen LogP contribution >= 0.6 is 11.8 Å². The molecular formula is C12H20N2O3S. The number of hydrogen-bond donors (Lipinski definition) is 1. The number of aliphatic carboxylic acids is 1. The molecule has 6 heteroatoms. The van der Waals surface area contributed by atoms with E-state index in [4.69, 9.17) is 5.11 Å². The zero-order chi connectivity index (χ0) is 13.1. The number of carbonyl (C=O) groups excluding carboxylic acids is 1. The second kappa shape index (κ2) is 5.82. The van der Waals surface area contributed by atoms with E-state index in [1.165, 1.54) is 16.7 Å². The quantitative estimate of drug-likeness (QED) is 0.829. The van der Waals surface area contributed by atoms with Gasteiger partial charge >= 0.3 is 12.0 Å². The van der Waals surface area contributed by atoms with Crippen molar-refractivity contribution in [3.63, 3.8) is 0 Å². The summed E-state index contributed by atoms with van der Waals surface area (Å²) in [6.45, 7) is 2.86. The first-order valence-corrected chi connectivity index (χ1v) is 7.68. The molecule has 102 valence electrons. The van der Waals surface area contributed by atoms with Crippen LogP contribution in [0.15, 0.2) is 0 Å². The Kier molecular flexibility index (Phi) is 4.37. The van der Waals surface area contributed by atoms with Gasteiger partial charge in [0.2, 0.25) is 0 Å². The first-order chi connectivity index (χ1) is 8.65. The summed E-state index contributed by atoms with van der Waals surface area (Å²) in [5.74, 6) is 0.123. The van der Waals surface area contributed by atoms with Gasteiger partial charge in [0.1, 0.15) is 6.04 Å². The molecular weight excluding hydrogens is 252 g/mol. The van der Waals surface area contributed by atoms with E-state index in [9.17, 15) is 9.59 Å². The molecule has 1 aliphatic carbocycles. The Labute approximate surface area is 112 Å². The topological polar surface area (TPSA) is 60.9 Å². The molecule has 0 aromatic rings. The van der Waals surface area contributed by atoms with Crippen LogP contribution < -0.4 is 0 Å². The van der Waals surface area contributed by atoms with Crippen LogP contribution in [0.4, 0.5) is 4.79 Å². The highest BCUT2D eigenvalue weighted by molar-refractivity contribution is 7.99. The predicted octanol–water partition coefficient (Wildman–Crippen LogP) is 1.83. The molecule has 5 nitrogen and oxygen atoms in total. The molecule has 0 bridgehead atoms. The van der Waals surface area contributed by atoms with Crippen LogP contribution in [0.1, 0.15) is 32.6 Å². The molecule has 2 amide bonds. The van der Waals surface area contributed by atoms with Gasteiger partial charge in [0.15, 0.2) is 0 Å². The lowest BCUT2D eigenvalue weighted by Gasteiger charge is -2.29. The van der Waals surface area contributed by atoms with Crippen molar-refractivity contribution in [1.29, 1.82) is 0 Å². The number of nitrogens with zero attached hydrogens (tertiary/aromatic N) is 2. The molecule has 2 fully saturated rings. The maximum absolute atomic E-state index is 12.4. The van der Waals surface area contributed by atoms with Crippen molar-refractivity contribution < 1.29 is 14.7 Å². The van der Waals surface area contributed by atoms with E-state index in [2.05, 4.69) is 6.92 Å². The molecule has 0 spiro atoms. The van der Waals surface area contributed by atoms with Crippen LogP contribution in [0.25, 0.3) is 0 Å². The maximum Gasteiger partial charge on any atom is 0.327 e. The lowest BCUT2D eigenvalue weighted by atomic mass is 10.3. The Morgan fingerprint density at radius 3 is 2.72 bits per heavy atom. The summed E-state index contributed by atoms with van der Waals surface area (Å²) in [4.78, 5) is 26.9. The van der Waals surface area contributed by atoms with E-state index in [0.717, 1.165) is 32.2 Å². The SMILES string of the molecule is CCCCN(C(=O)N1CSC[C@H]1C(=O)O)C1CC1. The third-order valence-electron chi connectivity index (χ3n) is 3.40. The standard InChI is InChI=1S/C12H20N2O3S/c1-2-3-6-13(9-4-5-9)12(17)14-8-18-7-10(14)11(15)16/h9-10H,2-8H2,1H3,(H,15,16)/t10-/m0/s1. The lowest BCUT2D eigenvalue weighted by molar-refractivity contribution is -0.140. The number of urea groups is 1. The Morgan fingerprint density at radius 1 is 1.44 bits per heavy atom. The van der Waals surface area contributed by atoms with Gasteiger partial charge in [-0.3, -0.25) is 0 Å². The van der Waals surface area contributed by atoms with Crippen molar-refractivity contribution in [2.45, 2.75) is 44.7 Å². The summed E-state index contributed by atoms with van der Waals surface area (Å²) >= 11 is 1.52. The van der Waals surface area contributed by atoms with E-state index in [0.29, 0.717) is 17.7 Å². The minimum atomic E-state index is -0.889. The van der Waals surface area contributed by atoms with Crippen molar-refractivity contribution >= 4 is 23.8 Å². The van der Waals surface area contributed by atoms with Crippen molar-refractivity contribution in [2.75, 3.05) is 18.2 Å². The highest BCUT2D eigenvalue weighted by Crippen LogP contribution is 2.30. The van der Waals surface area contributed by atoms with Gasteiger partial charge in [0.05, 0.1) is 5.88 Å². The second-order valence-electron chi connectivity index (χ2n) is 4.88. The van der Waals surface area contributed by atoms with Gasteiger partial charge in [-0.25, -0.2) is 9.59 Å². The van der Waals surface area contributed by atoms with Gasteiger partial charge in [-0.05, 0) is 19.3 Å². The number of hydrogen-bond acceptors (Lipinski definition) is 3. The third-order valence-corrected chi connectivity index (χ3v) is 4.41.